The van der Waals surface area contributed by atoms with Gasteiger partial charge < -0.3 is 10.2 Å². The lowest BCUT2D eigenvalue weighted by Gasteiger charge is -2.11. The second-order valence-corrected chi connectivity index (χ2v) is 5.50. The zero-order chi connectivity index (χ0) is 16.2. The molecule has 0 spiro atoms. The summed E-state index contributed by atoms with van der Waals surface area (Å²) in [5.41, 5.74) is 2.66. The summed E-state index contributed by atoms with van der Waals surface area (Å²) in [6.45, 7) is 0.606. The zero-order valence-corrected chi connectivity index (χ0v) is 13.2. The lowest BCUT2D eigenvalue weighted by atomic mass is 10.1. The molecule has 1 heterocycles. The Kier molecular flexibility index (Phi) is 4.19. The van der Waals surface area contributed by atoms with Crippen LogP contribution in [0.4, 0.5) is 5.95 Å². The first-order chi connectivity index (χ1) is 11.1. The summed E-state index contributed by atoms with van der Waals surface area (Å²) >= 11 is 0. The van der Waals surface area contributed by atoms with Crippen LogP contribution in [-0.4, -0.2) is 34.9 Å². The number of hydrogen-bond donors (Lipinski definition) is 1. The Hall–Kier alpha value is -2.95. The quantitative estimate of drug-likeness (QED) is 0.805. The van der Waals surface area contributed by atoms with Gasteiger partial charge in [0.2, 0.25) is 5.95 Å². The van der Waals surface area contributed by atoms with E-state index in [4.69, 9.17) is 0 Å². The fourth-order valence-corrected chi connectivity index (χ4v) is 2.26. The molecule has 116 valence electrons. The highest BCUT2D eigenvalue weighted by molar-refractivity contribution is 5.93. The van der Waals surface area contributed by atoms with Crippen molar-refractivity contribution < 1.29 is 4.79 Å². The largest absolute Gasteiger partial charge is 0.350 e. The summed E-state index contributed by atoms with van der Waals surface area (Å²) in [6.07, 6.45) is 1.81. The minimum atomic E-state index is 0.00220. The molecule has 1 amide bonds. The van der Waals surface area contributed by atoms with E-state index < -0.39 is 0 Å². The number of carbonyl (C=O) groups is 1. The number of carbonyl (C=O) groups excluding carboxylic acids is 1. The van der Waals surface area contributed by atoms with Gasteiger partial charge in [-0.05, 0) is 23.8 Å². The predicted octanol–water partition coefficient (Wildman–Crippen LogP) is 2.94. The van der Waals surface area contributed by atoms with Crippen LogP contribution in [0.2, 0.25) is 0 Å². The Labute approximate surface area is 135 Å². The van der Waals surface area contributed by atoms with Gasteiger partial charge in [0.15, 0.2) is 0 Å². The summed E-state index contributed by atoms with van der Waals surface area (Å²) in [5.74, 6) is 0.597. The first-order valence-corrected chi connectivity index (χ1v) is 7.40. The van der Waals surface area contributed by atoms with E-state index in [0.717, 1.165) is 16.5 Å². The molecule has 0 aliphatic heterocycles. The van der Waals surface area contributed by atoms with E-state index in [1.165, 1.54) is 0 Å². The molecule has 0 atom stereocenters. The number of hydrogen-bond acceptors (Lipinski definition) is 4. The van der Waals surface area contributed by atoms with Crippen molar-refractivity contribution in [1.82, 2.24) is 14.9 Å². The van der Waals surface area contributed by atoms with Crippen LogP contribution in [0.15, 0.2) is 54.7 Å². The van der Waals surface area contributed by atoms with Gasteiger partial charge in [-0.2, -0.15) is 0 Å². The lowest BCUT2D eigenvalue weighted by Crippen LogP contribution is -2.21. The summed E-state index contributed by atoms with van der Waals surface area (Å²) in [5, 5.41) is 4.23. The van der Waals surface area contributed by atoms with E-state index in [1.807, 2.05) is 54.7 Å². The Balaban J connectivity index is 1.68. The SMILES string of the molecule is CN(C)C(=O)c1ccc(CNc2ncc3ccccc3n2)cc1. The monoisotopic (exact) mass is 306 g/mol. The average molecular weight is 306 g/mol. The van der Waals surface area contributed by atoms with Crippen molar-refractivity contribution in [3.05, 3.63) is 65.9 Å². The number of fused-ring (bicyclic) bond motifs is 1. The van der Waals surface area contributed by atoms with Crippen molar-refractivity contribution >= 4 is 22.8 Å². The molecular formula is C18H18N4O. The molecule has 1 aromatic heterocycles. The normalized spacial score (nSPS) is 10.5. The highest BCUT2D eigenvalue weighted by Crippen LogP contribution is 2.13. The third-order valence-corrected chi connectivity index (χ3v) is 3.55. The maximum absolute atomic E-state index is 11.8. The summed E-state index contributed by atoms with van der Waals surface area (Å²) in [7, 11) is 3.49. The van der Waals surface area contributed by atoms with E-state index >= 15 is 0 Å². The molecule has 0 saturated carbocycles. The van der Waals surface area contributed by atoms with Crippen molar-refractivity contribution in [2.24, 2.45) is 0 Å². The molecule has 0 fully saturated rings. The topological polar surface area (TPSA) is 58.1 Å². The van der Waals surface area contributed by atoms with Gasteiger partial charge in [-0.25, -0.2) is 9.97 Å². The molecular weight excluding hydrogens is 288 g/mol. The maximum Gasteiger partial charge on any atom is 0.253 e. The molecule has 1 N–H and O–H groups in total. The third kappa shape index (κ3) is 3.45. The summed E-state index contributed by atoms with van der Waals surface area (Å²) in [4.78, 5) is 22.2. The molecule has 2 aromatic carbocycles. The molecule has 0 unspecified atom stereocenters. The first-order valence-electron chi connectivity index (χ1n) is 7.40. The Morgan fingerprint density at radius 1 is 1.09 bits per heavy atom. The Morgan fingerprint density at radius 3 is 2.57 bits per heavy atom. The number of rotatable bonds is 4. The molecule has 0 bridgehead atoms. The first kappa shape index (κ1) is 15.0. The molecule has 0 radical (unpaired) electrons. The molecule has 0 aliphatic carbocycles. The van der Waals surface area contributed by atoms with Crippen LogP contribution in [0.25, 0.3) is 10.9 Å². The third-order valence-electron chi connectivity index (χ3n) is 3.55. The zero-order valence-electron chi connectivity index (χ0n) is 13.2. The average Bonchev–Trinajstić information content (AvgIpc) is 2.59. The summed E-state index contributed by atoms with van der Waals surface area (Å²) < 4.78 is 0. The van der Waals surface area contributed by atoms with Gasteiger partial charge >= 0.3 is 0 Å². The highest BCUT2D eigenvalue weighted by Gasteiger charge is 2.07. The fourth-order valence-electron chi connectivity index (χ4n) is 2.26. The number of aromatic nitrogens is 2. The van der Waals surface area contributed by atoms with Gasteiger partial charge in [0.05, 0.1) is 5.52 Å². The van der Waals surface area contributed by atoms with Crippen LogP contribution in [0.3, 0.4) is 0 Å². The second kappa shape index (κ2) is 6.44. The minimum absolute atomic E-state index is 0.00220. The smallest absolute Gasteiger partial charge is 0.253 e. The van der Waals surface area contributed by atoms with E-state index in [9.17, 15) is 4.79 Å². The van der Waals surface area contributed by atoms with E-state index in [2.05, 4.69) is 15.3 Å². The van der Waals surface area contributed by atoms with Crippen LogP contribution < -0.4 is 5.32 Å². The number of nitrogens with zero attached hydrogens (tertiary/aromatic N) is 3. The van der Waals surface area contributed by atoms with Crippen molar-refractivity contribution in [2.45, 2.75) is 6.54 Å². The predicted molar refractivity (Wildman–Crippen MR) is 91.3 cm³/mol. The van der Waals surface area contributed by atoms with Gasteiger partial charge in [0, 0.05) is 37.8 Å². The fraction of sp³-hybridized carbons (Fsp3) is 0.167. The molecule has 5 nitrogen and oxygen atoms in total. The van der Waals surface area contributed by atoms with Crippen LogP contribution in [0.5, 0.6) is 0 Å². The van der Waals surface area contributed by atoms with E-state index in [1.54, 1.807) is 19.0 Å². The van der Waals surface area contributed by atoms with Gasteiger partial charge in [0.25, 0.3) is 5.91 Å². The lowest BCUT2D eigenvalue weighted by molar-refractivity contribution is 0.0827. The van der Waals surface area contributed by atoms with Crippen LogP contribution >= 0.6 is 0 Å². The molecule has 23 heavy (non-hydrogen) atoms. The number of benzene rings is 2. The number of para-hydroxylation sites is 1. The Morgan fingerprint density at radius 2 is 1.83 bits per heavy atom. The van der Waals surface area contributed by atoms with E-state index in [0.29, 0.717) is 18.1 Å². The molecule has 3 aromatic rings. The van der Waals surface area contributed by atoms with Crippen LogP contribution in [0.1, 0.15) is 15.9 Å². The van der Waals surface area contributed by atoms with Crippen molar-refractivity contribution in [3.8, 4) is 0 Å². The van der Waals surface area contributed by atoms with Crippen molar-refractivity contribution in [3.63, 3.8) is 0 Å². The van der Waals surface area contributed by atoms with Gasteiger partial charge in [-0.15, -0.1) is 0 Å². The molecule has 5 heteroatoms. The van der Waals surface area contributed by atoms with Crippen molar-refractivity contribution in [1.29, 1.82) is 0 Å². The number of anilines is 1. The minimum Gasteiger partial charge on any atom is -0.350 e. The van der Waals surface area contributed by atoms with Gasteiger partial charge in [-0.3, -0.25) is 4.79 Å². The maximum atomic E-state index is 11.8. The Bertz CT molecular complexity index is 828. The number of amides is 1. The molecule has 0 aliphatic rings. The summed E-state index contributed by atoms with van der Waals surface area (Å²) in [6, 6.07) is 15.4. The molecule has 0 saturated heterocycles. The number of nitrogens with one attached hydrogen (secondary N) is 1. The van der Waals surface area contributed by atoms with Crippen LogP contribution in [0, 0.1) is 0 Å². The van der Waals surface area contributed by atoms with E-state index in [-0.39, 0.29) is 5.91 Å². The standard InChI is InChI=1S/C18H18N4O/c1-22(2)17(23)14-9-7-13(8-10-14)11-19-18-20-12-15-5-3-4-6-16(15)21-18/h3-10,12H,11H2,1-2H3,(H,19,20,21). The van der Waals surface area contributed by atoms with Crippen LogP contribution in [-0.2, 0) is 6.54 Å². The van der Waals surface area contributed by atoms with Crippen molar-refractivity contribution in [2.75, 3.05) is 19.4 Å². The highest BCUT2D eigenvalue weighted by atomic mass is 16.2. The van der Waals surface area contributed by atoms with Gasteiger partial charge in [0.1, 0.15) is 0 Å². The van der Waals surface area contributed by atoms with Gasteiger partial charge in [-0.1, -0.05) is 30.3 Å². The molecule has 3 rings (SSSR count). The second-order valence-electron chi connectivity index (χ2n) is 5.50.